The van der Waals surface area contributed by atoms with Crippen LogP contribution in [-0.4, -0.2) is 25.8 Å². The molecule has 2 aromatic carbocycles. The van der Waals surface area contributed by atoms with E-state index in [-0.39, 0.29) is 12.6 Å². The van der Waals surface area contributed by atoms with Gasteiger partial charge < -0.3 is 20.1 Å². The molecule has 0 saturated carbocycles. The highest BCUT2D eigenvalue weighted by Gasteiger charge is 2.39. The van der Waals surface area contributed by atoms with Crippen LogP contribution in [-0.2, 0) is 15.3 Å². The van der Waals surface area contributed by atoms with Crippen LogP contribution in [0.15, 0.2) is 42.5 Å². The molecular formula is C23H29ClN2O3. The number of carbonyl (C=O) groups excluding carboxylic acids is 1. The van der Waals surface area contributed by atoms with Crippen LogP contribution < -0.4 is 10.6 Å². The molecule has 29 heavy (non-hydrogen) atoms. The van der Waals surface area contributed by atoms with Crippen LogP contribution in [0.25, 0.3) is 0 Å². The van der Waals surface area contributed by atoms with E-state index >= 15 is 0 Å². The summed E-state index contributed by atoms with van der Waals surface area (Å²) in [5.74, 6) is -0.405. The predicted octanol–water partition coefficient (Wildman–Crippen LogP) is 5.61. The molecule has 0 unspecified atom stereocenters. The largest absolute Gasteiger partial charge is 0.342 e. The van der Waals surface area contributed by atoms with Crippen molar-refractivity contribution in [3.05, 3.63) is 64.2 Å². The summed E-state index contributed by atoms with van der Waals surface area (Å²) < 4.78 is 11.8. The average Bonchev–Trinajstić information content (AvgIpc) is 3.17. The number of benzene rings is 2. The van der Waals surface area contributed by atoms with Crippen molar-refractivity contribution in [3.8, 4) is 0 Å². The third-order valence-corrected chi connectivity index (χ3v) is 5.38. The summed E-state index contributed by atoms with van der Waals surface area (Å²) in [5, 5.41) is 6.63. The highest BCUT2D eigenvalue weighted by Crippen LogP contribution is 2.33. The Kier molecular flexibility index (Phi) is 6.83. The summed E-state index contributed by atoms with van der Waals surface area (Å²) in [5.41, 5.74) is 3.94. The van der Waals surface area contributed by atoms with Gasteiger partial charge in [-0.3, -0.25) is 0 Å². The highest BCUT2D eigenvalue weighted by molar-refractivity contribution is 6.30. The Morgan fingerprint density at radius 2 is 1.55 bits per heavy atom. The summed E-state index contributed by atoms with van der Waals surface area (Å²) in [6, 6.07) is 13.2. The lowest BCUT2D eigenvalue weighted by molar-refractivity contribution is -0.160. The SMILES string of the molecule is CC(C)c1cccc(C(C)C)c1NC(=O)NCC1(c2ccc(Cl)cc2)OCCO1. The van der Waals surface area contributed by atoms with Gasteiger partial charge in [0.2, 0.25) is 5.79 Å². The molecule has 1 saturated heterocycles. The molecule has 0 spiro atoms. The molecule has 0 aliphatic carbocycles. The molecule has 3 rings (SSSR count). The lowest BCUT2D eigenvalue weighted by Gasteiger charge is -2.28. The average molecular weight is 417 g/mol. The van der Waals surface area contributed by atoms with Crippen molar-refractivity contribution in [2.24, 2.45) is 0 Å². The Bertz CT molecular complexity index is 817. The summed E-state index contributed by atoms with van der Waals surface area (Å²) in [6.45, 7) is 9.63. The summed E-state index contributed by atoms with van der Waals surface area (Å²) >= 11 is 6.00. The lowest BCUT2D eigenvalue weighted by Crippen LogP contribution is -2.43. The molecule has 5 nitrogen and oxygen atoms in total. The number of rotatable bonds is 6. The monoisotopic (exact) mass is 416 g/mol. The summed E-state index contributed by atoms with van der Waals surface area (Å²) in [4.78, 5) is 12.8. The van der Waals surface area contributed by atoms with Gasteiger partial charge in [0.1, 0.15) is 0 Å². The zero-order valence-corrected chi connectivity index (χ0v) is 18.2. The van der Waals surface area contributed by atoms with Crippen molar-refractivity contribution in [3.63, 3.8) is 0 Å². The second kappa shape index (κ2) is 9.16. The first-order valence-corrected chi connectivity index (χ1v) is 10.4. The number of anilines is 1. The van der Waals surface area contributed by atoms with E-state index in [9.17, 15) is 4.79 Å². The number of ether oxygens (including phenoxy) is 2. The zero-order valence-electron chi connectivity index (χ0n) is 17.4. The minimum absolute atomic E-state index is 0.196. The summed E-state index contributed by atoms with van der Waals surface area (Å²) in [7, 11) is 0. The van der Waals surface area contributed by atoms with E-state index in [4.69, 9.17) is 21.1 Å². The van der Waals surface area contributed by atoms with Gasteiger partial charge in [-0.05, 0) is 35.1 Å². The predicted molar refractivity (Wildman–Crippen MR) is 117 cm³/mol. The van der Waals surface area contributed by atoms with Crippen molar-refractivity contribution < 1.29 is 14.3 Å². The Morgan fingerprint density at radius 3 is 2.07 bits per heavy atom. The van der Waals surface area contributed by atoms with Crippen LogP contribution in [0.4, 0.5) is 10.5 Å². The zero-order chi connectivity index (χ0) is 21.0. The maximum atomic E-state index is 12.8. The van der Waals surface area contributed by atoms with Gasteiger partial charge in [0.05, 0.1) is 19.8 Å². The maximum Gasteiger partial charge on any atom is 0.319 e. The molecule has 2 amide bonds. The molecule has 156 valence electrons. The van der Waals surface area contributed by atoms with Crippen molar-refractivity contribution in [2.75, 3.05) is 25.1 Å². The third-order valence-electron chi connectivity index (χ3n) is 5.13. The molecule has 1 heterocycles. The number of urea groups is 1. The number of carbonyl (C=O) groups is 1. The Morgan fingerprint density at radius 1 is 1.00 bits per heavy atom. The van der Waals surface area contributed by atoms with Crippen molar-refractivity contribution in [1.29, 1.82) is 0 Å². The van der Waals surface area contributed by atoms with E-state index in [0.29, 0.717) is 30.1 Å². The van der Waals surface area contributed by atoms with Crippen LogP contribution >= 0.6 is 11.6 Å². The van der Waals surface area contributed by atoms with Crippen LogP contribution in [0.5, 0.6) is 0 Å². The topological polar surface area (TPSA) is 59.6 Å². The number of nitrogens with one attached hydrogen (secondary N) is 2. The summed E-state index contributed by atoms with van der Waals surface area (Å²) in [6.07, 6.45) is 0. The molecular weight excluding hydrogens is 388 g/mol. The van der Waals surface area contributed by atoms with E-state index in [2.05, 4.69) is 50.5 Å². The van der Waals surface area contributed by atoms with Gasteiger partial charge in [0.15, 0.2) is 0 Å². The molecule has 0 atom stereocenters. The molecule has 0 aromatic heterocycles. The van der Waals surface area contributed by atoms with Crippen molar-refractivity contribution in [2.45, 2.75) is 45.3 Å². The van der Waals surface area contributed by atoms with Crippen molar-refractivity contribution in [1.82, 2.24) is 5.32 Å². The van der Waals surface area contributed by atoms with Crippen molar-refractivity contribution >= 4 is 23.3 Å². The Labute approximate surface area is 177 Å². The lowest BCUT2D eigenvalue weighted by atomic mass is 9.93. The van der Waals surface area contributed by atoms with Gasteiger partial charge in [-0.15, -0.1) is 0 Å². The molecule has 2 aromatic rings. The van der Waals surface area contributed by atoms with Gasteiger partial charge in [0, 0.05) is 16.3 Å². The van der Waals surface area contributed by atoms with Crippen LogP contribution in [0.1, 0.15) is 56.2 Å². The smallest absolute Gasteiger partial charge is 0.319 e. The van der Waals surface area contributed by atoms with Gasteiger partial charge >= 0.3 is 6.03 Å². The van der Waals surface area contributed by atoms with E-state index in [1.807, 2.05) is 18.2 Å². The third kappa shape index (κ3) is 4.92. The van der Waals surface area contributed by atoms with Crippen LogP contribution in [0.3, 0.4) is 0 Å². The minimum atomic E-state index is -1.000. The number of hydrogen-bond acceptors (Lipinski definition) is 3. The fraction of sp³-hybridized carbons (Fsp3) is 0.435. The first-order chi connectivity index (χ1) is 13.8. The number of hydrogen-bond donors (Lipinski definition) is 2. The number of para-hydroxylation sites is 1. The Hall–Kier alpha value is -2.08. The number of halogens is 1. The molecule has 1 aliphatic rings. The molecule has 1 aliphatic heterocycles. The van der Waals surface area contributed by atoms with Gasteiger partial charge in [-0.25, -0.2) is 4.79 Å². The second-order valence-corrected chi connectivity index (χ2v) is 8.32. The normalized spacial score (nSPS) is 15.7. The van der Waals surface area contributed by atoms with E-state index in [0.717, 1.165) is 22.4 Å². The fourth-order valence-corrected chi connectivity index (χ4v) is 3.71. The first kappa shape index (κ1) is 21.6. The molecule has 0 bridgehead atoms. The standard InChI is InChI=1S/C23H29ClN2O3/c1-15(2)19-6-5-7-20(16(3)4)21(19)26-22(27)25-14-23(28-12-13-29-23)17-8-10-18(24)11-9-17/h5-11,15-16H,12-14H2,1-4H3,(H2,25,26,27). The van der Waals surface area contributed by atoms with E-state index in [1.54, 1.807) is 12.1 Å². The van der Waals surface area contributed by atoms with Crippen LogP contribution in [0, 0.1) is 0 Å². The molecule has 1 fully saturated rings. The maximum absolute atomic E-state index is 12.8. The molecule has 6 heteroatoms. The van der Waals surface area contributed by atoms with Gasteiger partial charge in [-0.1, -0.05) is 69.6 Å². The number of amides is 2. The van der Waals surface area contributed by atoms with Gasteiger partial charge in [-0.2, -0.15) is 0 Å². The first-order valence-electron chi connectivity index (χ1n) is 10.0. The highest BCUT2D eigenvalue weighted by atomic mass is 35.5. The van der Waals surface area contributed by atoms with E-state index < -0.39 is 5.79 Å². The minimum Gasteiger partial charge on any atom is -0.342 e. The van der Waals surface area contributed by atoms with E-state index in [1.165, 1.54) is 0 Å². The quantitative estimate of drug-likeness (QED) is 0.643. The molecule has 0 radical (unpaired) electrons. The van der Waals surface area contributed by atoms with Crippen LogP contribution in [0.2, 0.25) is 5.02 Å². The fourth-order valence-electron chi connectivity index (χ4n) is 3.58. The second-order valence-electron chi connectivity index (χ2n) is 7.89. The molecule has 2 N–H and O–H groups in total. The van der Waals surface area contributed by atoms with Gasteiger partial charge in [0.25, 0.3) is 0 Å². The Balaban J connectivity index is 1.76.